The number of urea groups is 1. The van der Waals surface area contributed by atoms with Crippen molar-refractivity contribution in [1.29, 1.82) is 0 Å². The molecule has 0 saturated carbocycles. The minimum atomic E-state index is -1.48. The Morgan fingerprint density at radius 2 is 1.65 bits per heavy atom. The van der Waals surface area contributed by atoms with Gasteiger partial charge in [0.05, 0.1) is 0 Å². The van der Waals surface area contributed by atoms with E-state index in [2.05, 4.69) is 29.4 Å². The van der Waals surface area contributed by atoms with Gasteiger partial charge in [0.2, 0.25) is 11.8 Å². The number of rotatable bonds is 8. The van der Waals surface area contributed by atoms with Crippen LogP contribution < -0.4 is 22.1 Å². The molecular weight excluding hydrogens is 298 g/mol. The zero-order chi connectivity index (χ0) is 17.4. The van der Waals surface area contributed by atoms with Gasteiger partial charge in [-0.25, -0.2) is 4.79 Å². The highest BCUT2D eigenvalue weighted by atomic mass is 16.2. The van der Waals surface area contributed by atoms with Crippen LogP contribution in [0.5, 0.6) is 0 Å². The van der Waals surface area contributed by atoms with E-state index in [1.807, 2.05) is 0 Å². The van der Waals surface area contributed by atoms with Crippen molar-refractivity contribution in [3.8, 4) is 0 Å². The summed E-state index contributed by atoms with van der Waals surface area (Å²) in [6.07, 6.45) is 3.10. The molecule has 1 fully saturated rings. The number of hydrogen-bond acceptors (Lipinski definition) is 4. The molecule has 0 spiro atoms. The molecule has 1 aliphatic rings. The lowest BCUT2D eigenvalue weighted by Gasteiger charge is -2.34. The molecule has 1 heterocycles. The Bertz CT molecular complexity index is 405. The second-order valence-electron chi connectivity index (χ2n) is 6.55. The first-order valence-electron chi connectivity index (χ1n) is 8.15. The first-order valence-corrected chi connectivity index (χ1v) is 8.15. The van der Waals surface area contributed by atoms with E-state index in [9.17, 15) is 14.4 Å². The average molecular weight is 327 g/mol. The summed E-state index contributed by atoms with van der Waals surface area (Å²) in [7, 11) is 0. The second kappa shape index (κ2) is 9.34. The number of carbonyl (C=O) groups is 3. The minimum absolute atomic E-state index is 0.467. The van der Waals surface area contributed by atoms with Crippen molar-refractivity contribution in [3.63, 3.8) is 0 Å². The smallest absolute Gasteiger partial charge is 0.315 e. The Kier molecular flexibility index (Phi) is 7.80. The van der Waals surface area contributed by atoms with Crippen LogP contribution in [0.4, 0.5) is 4.79 Å². The molecule has 132 valence electrons. The molecule has 1 saturated heterocycles. The molecule has 0 bridgehead atoms. The fourth-order valence-electron chi connectivity index (χ4n) is 3.10. The molecule has 8 nitrogen and oxygen atoms in total. The summed E-state index contributed by atoms with van der Waals surface area (Å²) in [5.41, 5.74) is 9.96. The third-order valence-corrected chi connectivity index (χ3v) is 3.98. The van der Waals surface area contributed by atoms with E-state index in [1.165, 1.54) is 6.42 Å². The molecule has 0 aromatic carbocycles. The van der Waals surface area contributed by atoms with Crippen LogP contribution in [0.3, 0.4) is 0 Å². The van der Waals surface area contributed by atoms with Crippen molar-refractivity contribution >= 4 is 17.8 Å². The van der Waals surface area contributed by atoms with Gasteiger partial charge in [-0.2, -0.15) is 0 Å². The predicted molar refractivity (Wildman–Crippen MR) is 87.3 cm³/mol. The van der Waals surface area contributed by atoms with Gasteiger partial charge >= 0.3 is 6.03 Å². The molecule has 23 heavy (non-hydrogen) atoms. The van der Waals surface area contributed by atoms with Gasteiger partial charge in [-0.05, 0) is 37.6 Å². The zero-order valence-corrected chi connectivity index (χ0v) is 14.0. The maximum absolute atomic E-state index is 11.6. The first kappa shape index (κ1) is 19.2. The van der Waals surface area contributed by atoms with Crippen LogP contribution in [0.1, 0.15) is 33.1 Å². The lowest BCUT2D eigenvalue weighted by atomic mass is 9.92. The molecule has 6 N–H and O–H groups in total. The average Bonchev–Trinajstić information content (AvgIpc) is 2.42. The van der Waals surface area contributed by atoms with Crippen LogP contribution >= 0.6 is 0 Å². The van der Waals surface area contributed by atoms with Crippen LogP contribution in [0.2, 0.25) is 0 Å². The number of likely N-dealkylation sites (tertiary alicyclic amines) is 1. The minimum Gasteiger partial charge on any atom is -0.367 e. The summed E-state index contributed by atoms with van der Waals surface area (Å²) < 4.78 is 0. The summed E-state index contributed by atoms with van der Waals surface area (Å²) in [5.74, 6) is -0.466. The molecule has 4 amide bonds. The van der Waals surface area contributed by atoms with Gasteiger partial charge < -0.3 is 27.0 Å². The van der Waals surface area contributed by atoms with Gasteiger partial charge in [0.15, 0.2) is 6.04 Å². The molecule has 0 aliphatic carbocycles. The van der Waals surface area contributed by atoms with E-state index in [0.29, 0.717) is 6.54 Å². The predicted octanol–water partition coefficient (Wildman–Crippen LogP) is -0.617. The number of hydrogen-bond donors (Lipinski definition) is 4. The van der Waals surface area contributed by atoms with Crippen LogP contribution in [-0.4, -0.2) is 55.0 Å². The molecule has 2 atom stereocenters. The third kappa shape index (κ3) is 7.32. The van der Waals surface area contributed by atoms with Crippen LogP contribution in [0.25, 0.3) is 0 Å². The van der Waals surface area contributed by atoms with Crippen molar-refractivity contribution in [2.45, 2.75) is 39.2 Å². The Morgan fingerprint density at radius 1 is 1.09 bits per heavy atom. The zero-order valence-electron chi connectivity index (χ0n) is 14.0. The number of nitrogens with one attached hydrogen (secondary N) is 2. The fourth-order valence-corrected chi connectivity index (χ4v) is 3.10. The normalized spacial score (nSPS) is 21.9. The number of carbonyl (C=O) groups excluding carboxylic acids is 3. The molecule has 0 unspecified atom stereocenters. The van der Waals surface area contributed by atoms with E-state index in [4.69, 9.17) is 11.5 Å². The number of nitrogens with two attached hydrogens (primary N) is 2. The number of primary amides is 2. The van der Waals surface area contributed by atoms with Crippen molar-refractivity contribution in [1.82, 2.24) is 15.5 Å². The van der Waals surface area contributed by atoms with Crippen molar-refractivity contribution in [2.24, 2.45) is 23.3 Å². The van der Waals surface area contributed by atoms with E-state index in [-0.39, 0.29) is 0 Å². The maximum Gasteiger partial charge on any atom is 0.315 e. The van der Waals surface area contributed by atoms with Gasteiger partial charge in [0.25, 0.3) is 0 Å². The van der Waals surface area contributed by atoms with E-state index < -0.39 is 23.9 Å². The van der Waals surface area contributed by atoms with Crippen LogP contribution in [0.15, 0.2) is 0 Å². The molecule has 0 aromatic heterocycles. The van der Waals surface area contributed by atoms with E-state index in [1.54, 1.807) is 0 Å². The van der Waals surface area contributed by atoms with Gasteiger partial charge in [0, 0.05) is 19.6 Å². The maximum atomic E-state index is 11.6. The Labute approximate surface area is 137 Å². The molecule has 1 rings (SSSR count). The molecule has 0 radical (unpaired) electrons. The van der Waals surface area contributed by atoms with Gasteiger partial charge in [-0.3, -0.25) is 9.59 Å². The Morgan fingerprint density at radius 3 is 2.17 bits per heavy atom. The lowest BCUT2D eigenvalue weighted by molar-refractivity contribution is -0.128. The largest absolute Gasteiger partial charge is 0.367 e. The first-order chi connectivity index (χ1) is 10.8. The summed E-state index contributed by atoms with van der Waals surface area (Å²) >= 11 is 0. The van der Waals surface area contributed by atoms with Gasteiger partial charge in [-0.15, -0.1) is 0 Å². The molecule has 0 aromatic rings. The Balaban J connectivity index is 2.16. The second-order valence-corrected chi connectivity index (χ2v) is 6.55. The fraction of sp³-hybridized carbons (Fsp3) is 0.800. The number of piperidine rings is 1. The lowest BCUT2D eigenvalue weighted by Crippen LogP contribution is -2.55. The Hall–Kier alpha value is -1.83. The summed E-state index contributed by atoms with van der Waals surface area (Å²) in [6, 6.07) is -2.10. The quantitative estimate of drug-likeness (QED) is 0.349. The van der Waals surface area contributed by atoms with Gasteiger partial charge in [0.1, 0.15) is 0 Å². The van der Waals surface area contributed by atoms with E-state index >= 15 is 0 Å². The van der Waals surface area contributed by atoms with Crippen molar-refractivity contribution in [3.05, 3.63) is 0 Å². The highest BCUT2D eigenvalue weighted by Crippen LogP contribution is 2.20. The van der Waals surface area contributed by atoms with Crippen LogP contribution in [-0.2, 0) is 9.59 Å². The molecule has 8 heteroatoms. The van der Waals surface area contributed by atoms with Gasteiger partial charge in [-0.1, -0.05) is 13.8 Å². The number of nitrogens with zero attached hydrogens (tertiary/aromatic N) is 1. The monoisotopic (exact) mass is 327 g/mol. The van der Waals surface area contributed by atoms with Crippen molar-refractivity contribution < 1.29 is 14.4 Å². The highest BCUT2D eigenvalue weighted by molar-refractivity contribution is 6.05. The molecule has 1 aliphatic heterocycles. The number of amides is 4. The summed E-state index contributed by atoms with van der Waals surface area (Å²) in [6.45, 7) is 8.32. The number of unbranched alkanes of at least 4 members (excludes halogenated alkanes) is 1. The third-order valence-electron chi connectivity index (χ3n) is 3.98. The molecular formula is C15H29N5O3. The van der Waals surface area contributed by atoms with Crippen molar-refractivity contribution in [2.75, 3.05) is 26.2 Å². The summed E-state index contributed by atoms with van der Waals surface area (Å²) in [5, 5.41) is 4.75. The SMILES string of the molecule is C[C@@H]1C[C@H](C)CN(CCCCNC(=O)NC(C(N)=O)C(N)=O)C1. The van der Waals surface area contributed by atoms with E-state index in [0.717, 1.165) is 44.3 Å². The van der Waals surface area contributed by atoms with Crippen LogP contribution in [0, 0.1) is 11.8 Å². The topological polar surface area (TPSA) is 131 Å². The standard InChI is InChI=1S/C15H29N5O3/c1-10-7-11(2)9-20(8-10)6-4-3-5-18-15(23)19-12(13(16)21)14(17)22/h10-12H,3-9H2,1-2H3,(H2,16,21)(H2,17,22)(H2,18,19,23)/t10-,11+. The summed E-state index contributed by atoms with van der Waals surface area (Å²) in [4.78, 5) is 35.9. The highest BCUT2D eigenvalue weighted by Gasteiger charge is 2.23.